The van der Waals surface area contributed by atoms with Gasteiger partial charge in [-0.25, -0.2) is 0 Å². The number of hydrogen-bond donors (Lipinski definition) is 1. The summed E-state index contributed by atoms with van der Waals surface area (Å²) in [5.74, 6) is 0.340. The van der Waals surface area contributed by atoms with Crippen molar-refractivity contribution in [2.24, 2.45) is 0 Å². The van der Waals surface area contributed by atoms with Crippen LogP contribution in [0.5, 0.6) is 5.75 Å². The van der Waals surface area contributed by atoms with E-state index in [1.54, 1.807) is 12.1 Å². The molecular formula is C13H12IO-. The number of aromatic hydroxyl groups is 1. The number of aryl methyl sites for hydroxylation is 1. The quantitative estimate of drug-likeness (QED) is 0.764. The number of rotatable bonds is 2. The zero-order valence-electron chi connectivity index (χ0n) is 8.44. The molecule has 0 aliphatic rings. The van der Waals surface area contributed by atoms with Gasteiger partial charge in [-0.3, -0.25) is 0 Å². The first kappa shape index (κ1) is 10.5. The van der Waals surface area contributed by atoms with Crippen molar-refractivity contribution in [3.8, 4) is 5.75 Å². The second kappa shape index (κ2) is 4.66. The van der Waals surface area contributed by atoms with E-state index in [0.29, 0.717) is 5.75 Å². The van der Waals surface area contributed by atoms with Crippen LogP contribution in [0.25, 0.3) is 0 Å². The molecule has 0 amide bonds. The molecule has 78 valence electrons. The summed E-state index contributed by atoms with van der Waals surface area (Å²) in [7, 11) is 0. The van der Waals surface area contributed by atoms with Crippen LogP contribution in [0.2, 0.25) is 0 Å². The number of hydrogen-bond acceptors (Lipinski definition) is 1. The molecule has 1 nitrogen and oxygen atoms in total. The Hall–Kier alpha value is -1.03. The summed E-state index contributed by atoms with van der Waals surface area (Å²) in [6.07, 6.45) is 0. The summed E-state index contributed by atoms with van der Waals surface area (Å²) >= 11 is -0.108. The van der Waals surface area contributed by atoms with Crippen LogP contribution >= 0.6 is 0 Å². The first-order valence-electron chi connectivity index (χ1n) is 4.74. The molecule has 0 fully saturated rings. The second-order valence-electron chi connectivity index (χ2n) is 3.37. The van der Waals surface area contributed by atoms with E-state index in [-0.39, 0.29) is 21.2 Å². The molecule has 2 aromatic carbocycles. The van der Waals surface area contributed by atoms with E-state index in [9.17, 15) is 5.11 Å². The van der Waals surface area contributed by atoms with Crippen molar-refractivity contribution in [2.75, 3.05) is 0 Å². The van der Waals surface area contributed by atoms with Crippen LogP contribution in [-0.4, -0.2) is 5.11 Å². The average molecular weight is 311 g/mol. The topological polar surface area (TPSA) is 20.2 Å². The predicted octanol–water partition coefficient (Wildman–Crippen LogP) is -0.171. The van der Waals surface area contributed by atoms with Crippen LogP contribution < -0.4 is 21.2 Å². The van der Waals surface area contributed by atoms with Gasteiger partial charge in [-0.2, -0.15) is 0 Å². The van der Waals surface area contributed by atoms with Crippen LogP contribution in [0, 0.1) is 14.1 Å². The Morgan fingerprint density at radius 2 is 1.27 bits per heavy atom. The van der Waals surface area contributed by atoms with Gasteiger partial charge in [0.05, 0.1) is 0 Å². The van der Waals surface area contributed by atoms with Crippen LogP contribution in [0.3, 0.4) is 0 Å². The second-order valence-corrected chi connectivity index (χ2v) is 6.40. The number of phenols is 1. The van der Waals surface area contributed by atoms with Crippen molar-refractivity contribution in [3.05, 3.63) is 61.2 Å². The molecule has 0 atom stereocenters. The van der Waals surface area contributed by atoms with E-state index < -0.39 is 0 Å². The fourth-order valence-electron chi connectivity index (χ4n) is 1.23. The Bertz CT molecular complexity index is 388. The van der Waals surface area contributed by atoms with Crippen molar-refractivity contribution in [1.29, 1.82) is 0 Å². The van der Waals surface area contributed by atoms with Gasteiger partial charge in [0.1, 0.15) is 0 Å². The standard InChI is InChI=1S/C13H12IO/c1-10-2-4-11(5-3-10)14-12-6-8-13(15)9-7-12/h2-9,15H,1H3/q-1. The summed E-state index contributed by atoms with van der Waals surface area (Å²) in [6, 6.07) is 16.2. The molecule has 0 heterocycles. The normalized spacial score (nSPS) is 10.5. The molecule has 0 spiro atoms. The molecule has 0 saturated heterocycles. The van der Waals surface area contributed by atoms with E-state index in [0.717, 1.165) is 0 Å². The molecule has 15 heavy (non-hydrogen) atoms. The van der Waals surface area contributed by atoms with Gasteiger partial charge >= 0.3 is 100 Å². The summed E-state index contributed by atoms with van der Waals surface area (Å²) in [6.45, 7) is 2.10. The van der Waals surface area contributed by atoms with Crippen molar-refractivity contribution in [3.63, 3.8) is 0 Å². The molecule has 2 rings (SSSR count). The number of phenolic OH excluding ortho intramolecular Hbond substituents is 1. The number of benzene rings is 2. The molecule has 2 heteroatoms. The van der Waals surface area contributed by atoms with Crippen molar-refractivity contribution >= 4 is 0 Å². The Morgan fingerprint density at radius 1 is 0.800 bits per heavy atom. The maximum absolute atomic E-state index is 9.17. The minimum absolute atomic E-state index is 0.108. The molecule has 2 aromatic rings. The Balaban J connectivity index is 2.15. The molecule has 0 saturated carbocycles. The zero-order valence-corrected chi connectivity index (χ0v) is 10.6. The average Bonchev–Trinajstić information content (AvgIpc) is 2.25. The van der Waals surface area contributed by atoms with Crippen LogP contribution in [0.4, 0.5) is 0 Å². The van der Waals surface area contributed by atoms with Gasteiger partial charge in [-0.15, -0.1) is 0 Å². The maximum atomic E-state index is 9.17. The van der Waals surface area contributed by atoms with Gasteiger partial charge < -0.3 is 0 Å². The van der Waals surface area contributed by atoms with Crippen molar-refractivity contribution in [1.82, 2.24) is 0 Å². The van der Waals surface area contributed by atoms with Crippen molar-refractivity contribution < 1.29 is 26.3 Å². The summed E-state index contributed by atoms with van der Waals surface area (Å²) in [5.41, 5.74) is 1.30. The van der Waals surface area contributed by atoms with Gasteiger partial charge in [0, 0.05) is 0 Å². The van der Waals surface area contributed by atoms with E-state index in [2.05, 4.69) is 31.2 Å². The third-order valence-electron chi connectivity index (χ3n) is 2.06. The molecule has 0 aliphatic carbocycles. The van der Waals surface area contributed by atoms with Crippen LogP contribution in [-0.2, 0) is 0 Å². The molecule has 0 aromatic heterocycles. The minimum atomic E-state index is -0.108. The van der Waals surface area contributed by atoms with Gasteiger partial charge in [0.15, 0.2) is 0 Å². The molecule has 0 radical (unpaired) electrons. The first-order chi connectivity index (χ1) is 7.24. The number of halogens is 1. The Labute approximate surface area is 100 Å². The van der Waals surface area contributed by atoms with E-state index in [1.807, 2.05) is 12.1 Å². The van der Waals surface area contributed by atoms with Gasteiger partial charge in [0.2, 0.25) is 0 Å². The zero-order chi connectivity index (χ0) is 10.7. The van der Waals surface area contributed by atoms with Crippen molar-refractivity contribution in [2.45, 2.75) is 6.92 Å². The van der Waals surface area contributed by atoms with Gasteiger partial charge in [-0.05, 0) is 0 Å². The third-order valence-corrected chi connectivity index (χ3v) is 4.74. The van der Waals surface area contributed by atoms with Gasteiger partial charge in [0.25, 0.3) is 0 Å². The third kappa shape index (κ3) is 2.96. The Kier molecular flexibility index (Phi) is 3.26. The first-order valence-corrected chi connectivity index (χ1v) is 6.90. The summed E-state index contributed by atoms with van der Waals surface area (Å²) in [4.78, 5) is 0. The summed E-state index contributed by atoms with van der Waals surface area (Å²) < 4.78 is 2.74. The van der Waals surface area contributed by atoms with Gasteiger partial charge in [-0.1, -0.05) is 0 Å². The Morgan fingerprint density at radius 3 is 1.80 bits per heavy atom. The molecule has 0 unspecified atom stereocenters. The molecule has 1 N–H and O–H groups in total. The van der Waals surface area contributed by atoms with E-state index in [1.165, 1.54) is 12.7 Å². The fourth-order valence-corrected chi connectivity index (χ4v) is 3.38. The summed E-state index contributed by atoms with van der Waals surface area (Å²) in [5, 5.41) is 9.17. The predicted molar refractivity (Wildman–Crippen MR) is 56.7 cm³/mol. The molecular weight excluding hydrogens is 299 g/mol. The van der Waals surface area contributed by atoms with Crippen LogP contribution in [0.15, 0.2) is 48.5 Å². The molecule has 0 aliphatic heterocycles. The van der Waals surface area contributed by atoms with Crippen LogP contribution in [0.1, 0.15) is 5.56 Å². The van der Waals surface area contributed by atoms with E-state index in [4.69, 9.17) is 0 Å². The van der Waals surface area contributed by atoms with E-state index >= 15 is 0 Å². The fraction of sp³-hybridized carbons (Fsp3) is 0.0769. The molecule has 0 bridgehead atoms. The SMILES string of the molecule is Cc1ccc([I-]c2ccc(O)cc2)cc1. The monoisotopic (exact) mass is 311 g/mol.